The van der Waals surface area contributed by atoms with Crippen LogP contribution < -0.4 is 0 Å². The number of aromatic nitrogens is 2. The van der Waals surface area contributed by atoms with Crippen molar-refractivity contribution in [2.24, 2.45) is 0 Å². The topological polar surface area (TPSA) is 43.6 Å². The lowest BCUT2D eigenvalue weighted by Gasteiger charge is -2.02. The van der Waals surface area contributed by atoms with E-state index in [0.29, 0.717) is 16.4 Å². The number of esters is 1. The Labute approximate surface area is 85.1 Å². The van der Waals surface area contributed by atoms with Crippen molar-refractivity contribution in [1.29, 1.82) is 0 Å². The average Bonchev–Trinajstić information content (AvgIpc) is 2.67. The van der Waals surface area contributed by atoms with Crippen LogP contribution in [0.15, 0.2) is 24.5 Å². The third-order valence-corrected chi connectivity index (χ3v) is 2.21. The van der Waals surface area contributed by atoms with Crippen molar-refractivity contribution < 1.29 is 9.53 Å². The Kier molecular flexibility index (Phi) is 2.13. The minimum atomic E-state index is -0.419. The van der Waals surface area contributed by atoms with Crippen molar-refractivity contribution in [1.82, 2.24) is 9.38 Å². The second kappa shape index (κ2) is 3.31. The van der Waals surface area contributed by atoms with Gasteiger partial charge >= 0.3 is 5.97 Å². The van der Waals surface area contributed by atoms with Crippen LogP contribution in [0.4, 0.5) is 0 Å². The van der Waals surface area contributed by atoms with Crippen molar-refractivity contribution in [2.75, 3.05) is 7.11 Å². The maximum Gasteiger partial charge on any atom is 0.341 e. The molecule has 0 saturated carbocycles. The molecule has 0 spiro atoms. The largest absolute Gasteiger partial charge is 0.465 e. The summed E-state index contributed by atoms with van der Waals surface area (Å²) in [6.07, 6.45) is 3.26. The molecule has 2 rings (SSSR count). The van der Waals surface area contributed by atoms with Gasteiger partial charge < -0.3 is 4.74 Å². The van der Waals surface area contributed by atoms with E-state index >= 15 is 0 Å². The van der Waals surface area contributed by atoms with Gasteiger partial charge in [-0.1, -0.05) is 11.6 Å². The van der Waals surface area contributed by atoms with Crippen LogP contribution in [0.1, 0.15) is 10.4 Å². The van der Waals surface area contributed by atoms with Gasteiger partial charge in [0.15, 0.2) is 5.65 Å². The number of fused-ring (bicyclic) bond motifs is 1. The minimum Gasteiger partial charge on any atom is -0.465 e. The van der Waals surface area contributed by atoms with Gasteiger partial charge in [0, 0.05) is 12.4 Å². The van der Waals surface area contributed by atoms with E-state index in [1.54, 1.807) is 28.9 Å². The van der Waals surface area contributed by atoms with E-state index in [1.807, 2.05) is 0 Å². The summed E-state index contributed by atoms with van der Waals surface area (Å²) in [5.41, 5.74) is 0.909. The Morgan fingerprint density at radius 2 is 2.36 bits per heavy atom. The number of hydrogen-bond donors (Lipinski definition) is 0. The van der Waals surface area contributed by atoms with Crippen LogP contribution in [0.25, 0.3) is 5.65 Å². The Morgan fingerprint density at radius 1 is 1.57 bits per heavy atom. The Bertz CT molecular complexity index is 493. The summed E-state index contributed by atoms with van der Waals surface area (Å²) in [4.78, 5) is 15.3. The second-order valence-corrected chi connectivity index (χ2v) is 3.07. The van der Waals surface area contributed by atoms with Crippen LogP contribution in [0.5, 0.6) is 0 Å². The Balaban J connectivity index is 2.72. The van der Waals surface area contributed by atoms with Crippen molar-refractivity contribution >= 4 is 23.2 Å². The molecule has 2 aromatic rings. The molecule has 0 radical (unpaired) electrons. The Morgan fingerprint density at radius 3 is 3.07 bits per heavy atom. The fourth-order valence-corrected chi connectivity index (χ4v) is 1.45. The van der Waals surface area contributed by atoms with Crippen LogP contribution in [-0.4, -0.2) is 22.5 Å². The van der Waals surface area contributed by atoms with Crippen LogP contribution in [0.3, 0.4) is 0 Å². The molecule has 14 heavy (non-hydrogen) atoms. The van der Waals surface area contributed by atoms with E-state index < -0.39 is 5.97 Å². The maximum absolute atomic E-state index is 11.3. The van der Waals surface area contributed by atoms with Crippen LogP contribution in [0, 0.1) is 0 Å². The van der Waals surface area contributed by atoms with Gasteiger partial charge in [-0.05, 0) is 12.1 Å². The molecule has 0 aliphatic carbocycles. The molecule has 0 unspecified atom stereocenters. The number of carbonyl (C=O) groups is 1. The summed E-state index contributed by atoms with van der Waals surface area (Å²) in [6, 6.07) is 3.22. The molecule has 2 aromatic heterocycles. The normalized spacial score (nSPS) is 10.4. The molecule has 4 nitrogen and oxygen atoms in total. The molecular weight excluding hydrogens is 204 g/mol. The number of rotatable bonds is 1. The first kappa shape index (κ1) is 9.02. The van der Waals surface area contributed by atoms with Crippen LogP contribution >= 0.6 is 11.6 Å². The number of ether oxygens (including phenoxy) is 1. The first-order valence-electron chi connectivity index (χ1n) is 3.94. The van der Waals surface area contributed by atoms with Crippen molar-refractivity contribution in [3.63, 3.8) is 0 Å². The lowest BCUT2D eigenvalue weighted by molar-refractivity contribution is 0.0602. The van der Waals surface area contributed by atoms with E-state index in [4.69, 9.17) is 11.6 Å². The summed E-state index contributed by atoms with van der Waals surface area (Å²) < 4.78 is 6.24. The highest BCUT2D eigenvalue weighted by Crippen LogP contribution is 2.16. The van der Waals surface area contributed by atoms with Gasteiger partial charge in [-0.15, -0.1) is 0 Å². The number of pyridine rings is 1. The molecule has 0 aliphatic heterocycles. The van der Waals surface area contributed by atoms with Gasteiger partial charge in [0.25, 0.3) is 0 Å². The van der Waals surface area contributed by atoms with Crippen molar-refractivity contribution in [3.05, 3.63) is 35.2 Å². The van der Waals surface area contributed by atoms with Gasteiger partial charge in [-0.25, -0.2) is 9.78 Å². The average molecular weight is 211 g/mol. The predicted octanol–water partition coefficient (Wildman–Crippen LogP) is 1.77. The quantitative estimate of drug-likeness (QED) is 0.532. The molecule has 72 valence electrons. The zero-order valence-electron chi connectivity index (χ0n) is 7.40. The zero-order chi connectivity index (χ0) is 10.1. The summed E-state index contributed by atoms with van der Waals surface area (Å²) >= 11 is 5.89. The van der Waals surface area contributed by atoms with E-state index in [-0.39, 0.29) is 0 Å². The summed E-state index contributed by atoms with van der Waals surface area (Å²) in [7, 11) is 1.33. The SMILES string of the molecule is COC(=O)c1ccc(Cl)n2ccnc12. The van der Waals surface area contributed by atoms with Gasteiger partial charge in [0.05, 0.1) is 7.11 Å². The molecule has 0 fully saturated rings. The van der Waals surface area contributed by atoms with Gasteiger partial charge in [0.2, 0.25) is 0 Å². The smallest absolute Gasteiger partial charge is 0.341 e. The molecule has 0 amide bonds. The lowest BCUT2D eigenvalue weighted by atomic mass is 10.3. The first-order valence-corrected chi connectivity index (χ1v) is 4.31. The van der Waals surface area contributed by atoms with Gasteiger partial charge in [-0.2, -0.15) is 0 Å². The summed E-state index contributed by atoms with van der Waals surface area (Å²) in [5.74, 6) is -0.419. The van der Waals surface area contributed by atoms with Crippen molar-refractivity contribution in [3.8, 4) is 0 Å². The summed E-state index contributed by atoms with van der Waals surface area (Å²) in [6.45, 7) is 0. The number of nitrogens with zero attached hydrogens (tertiary/aromatic N) is 2. The van der Waals surface area contributed by atoms with E-state index in [9.17, 15) is 4.79 Å². The van der Waals surface area contributed by atoms with E-state index in [2.05, 4.69) is 9.72 Å². The number of hydrogen-bond acceptors (Lipinski definition) is 3. The predicted molar refractivity (Wildman–Crippen MR) is 51.5 cm³/mol. The van der Waals surface area contributed by atoms with Crippen LogP contribution in [0.2, 0.25) is 5.15 Å². The Hall–Kier alpha value is -1.55. The van der Waals surface area contributed by atoms with Crippen LogP contribution in [-0.2, 0) is 4.74 Å². The monoisotopic (exact) mass is 210 g/mol. The minimum absolute atomic E-state index is 0.405. The molecule has 5 heteroatoms. The highest BCUT2D eigenvalue weighted by molar-refractivity contribution is 6.30. The van der Waals surface area contributed by atoms with Gasteiger partial charge in [0.1, 0.15) is 10.7 Å². The standard InChI is InChI=1S/C9H7ClN2O2/c1-14-9(13)6-2-3-7(10)12-5-4-11-8(6)12/h2-5H,1H3. The van der Waals surface area contributed by atoms with Gasteiger partial charge in [-0.3, -0.25) is 4.40 Å². The fourth-order valence-electron chi connectivity index (χ4n) is 1.25. The van der Waals surface area contributed by atoms with Crippen molar-refractivity contribution in [2.45, 2.75) is 0 Å². The molecule has 0 N–H and O–H groups in total. The molecular formula is C9H7ClN2O2. The molecule has 0 saturated heterocycles. The third-order valence-electron chi connectivity index (χ3n) is 1.90. The number of methoxy groups -OCH3 is 1. The summed E-state index contributed by atoms with van der Waals surface area (Å²) in [5, 5.41) is 0.505. The number of carbonyl (C=O) groups excluding carboxylic acids is 1. The second-order valence-electron chi connectivity index (χ2n) is 2.68. The molecule has 0 atom stereocenters. The van der Waals surface area contributed by atoms with E-state index in [1.165, 1.54) is 7.11 Å². The van der Waals surface area contributed by atoms with E-state index in [0.717, 1.165) is 0 Å². The highest BCUT2D eigenvalue weighted by Gasteiger charge is 2.12. The zero-order valence-corrected chi connectivity index (χ0v) is 8.15. The highest BCUT2D eigenvalue weighted by atomic mass is 35.5. The number of imidazole rings is 1. The lowest BCUT2D eigenvalue weighted by Crippen LogP contribution is -2.04. The first-order chi connectivity index (χ1) is 6.74. The third kappa shape index (κ3) is 1.24. The number of halogens is 1. The molecule has 0 aliphatic rings. The maximum atomic E-state index is 11.3. The molecule has 0 bridgehead atoms. The molecule has 2 heterocycles. The fraction of sp³-hybridized carbons (Fsp3) is 0.111. The molecule has 0 aromatic carbocycles.